The van der Waals surface area contributed by atoms with Gasteiger partial charge in [-0.3, -0.25) is 4.68 Å². The lowest BCUT2D eigenvalue weighted by Crippen LogP contribution is -2.54. The predicted molar refractivity (Wildman–Crippen MR) is 75.7 cm³/mol. The summed E-state index contributed by atoms with van der Waals surface area (Å²) in [5.74, 6) is -1.03. The van der Waals surface area contributed by atoms with Gasteiger partial charge >= 0.3 is 12.0 Å². The average Bonchev–Trinajstić information content (AvgIpc) is 2.84. The molecule has 0 aliphatic heterocycles. The topological polar surface area (TPSA) is 96.3 Å². The maximum Gasteiger partial charge on any atom is 0.329 e. The first-order chi connectivity index (χ1) is 9.34. The Morgan fingerprint density at radius 1 is 1.40 bits per heavy atom. The summed E-state index contributed by atoms with van der Waals surface area (Å²) < 4.78 is 1.71. The second kappa shape index (κ2) is 6.40. The third-order valence-corrected chi connectivity index (χ3v) is 3.36. The summed E-state index contributed by atoms with van der Waals surface area (Å²) in [6.07, 6.45) is 3.86. The molecule has 0 saturated heterocycles. The van der Waals surface area contributed by atoms with E-state index in [1.54, 1.807) is 24.7 Å². The molecular weight excluding hydrogens is 260 g/mol. The van der Waals surface area contributed by atoms with Gasteiger partial charge in [-0.15, -0.1) is 0 Å². The van der Waals surface area contributed by atoms with Crippen molar-refractivity contribution in [3.8, 4) is 0 Å². The van der Waals surface area contributed by atoms with Crippen LogP contribution in [0.15, 0.2) is 12.4 Å². The molecule has 1 aromatic rings. The van der Waals surface area contributed by atoms with Crippen LogP contribution in [0.3, 0.4) is 0 Å². The molecule has 0 bridgehead atoms. The Labute approximate surface area is 118 Å². The number of hydrogen-bond donors (Lipinski definition) is 3. The summed E-state index contributed by atoms with van der Waals surface area (Å²) in [5.41, 5.74) is -0.708. The van der Waals surface area contributed by atoms with Crippen molar-refractivity contribution < 1.29 is 14.7 Å². The van der Waals surface area contributed by atoms with Gasteiger partial charge in [0.1, 0.15) is 5.54 Å². The fraction of sp³-hybridized carbons (Fsp3) is 0.615. The molecule has 7 heteroatoms. The number of hydrogen-bond acceptors (Lipinski definition) is 3. The average molecular weight is 282 g/mol. The van der Waals surface area contributed by atoms with Crippen molar-refractivity contribution in [2.45, 2.75) is 52.1 Å². The zero-order valence-electron chi connectivity index (χ0n) is 12.3. The first-order valence-corrected chi connectivity index (χ1v) is 6.71. The first kappa shape index (κ1) is 16.0. The molecule has 112 valence electrons. The van der Waals surface area contributed by atoms with E-state index < -0.39 is 17.5 Å². The summed E-state index contributed by atoms with van der Waals surface area (Å²) in [6, 6.07) is -0.350. The SMILES string of the molecule is CCC(CC)(NC(=O)Nc1cnn(C(C)C)c1)C(=O)O. The maximum absolute atomic E-state index is 11.9. The molecule has 0 atom stereocenters. The van der Waals surface area contributed by atoms with Crippen LogP contribution in [0.4, 0.5) is 10.5 Å². The number of amides is 2. The molecule has 1 rings (SSSR count). The Balaban J connectivity index is 2.73. The number of carboxylic acids is 1. The Morgan fingerprint density at radius 2 is 2.00 bits per heavy atom. The highest BCUT2D eigenvalue weighted by Gasteiger charge is 2.36. The Morgan fingerprint density at radius 3 is 2.40 bits per heavy atom. The minimum absolute atomic E-state index is 0.193. The zero-order valence-corrected chi connectivity index (χ0v) is 12.3. The third-order valence-electron chi connectivity index (χ3n) is 3.36. The molecule has 0 fully saturated rings. The highest BCUT2D eigenvalue weighted by molar-refractivity contribution is 5.93. The summed E-state index contributed by atoms with van der Waals surface area (Å²) >= 11 is 0. The number of nitrogens with zero attached hydrogens (tertiary/aromatic N) is 2. The van der Waals surface area contributed by atoms with Gasteiger partial charge in [-0.25, -0.2) is 9.59 Å². The minimum atomic E-state index is -1.24. The lowest BCUT2D eigenvalue weighted by Gasteiger charge is -2.27. The van der Waals surface area contributed by atoms with Crippen molar-refractivity contribution >= 4 is 17.7 Å². The number of carboxylic acid groups (broad SMARTS) is 1. The van der Waals surface area contributed by atoms with Crippen molar-refractivity contribution in [2.24, 2.45) is 0 Å². The molecule has 0 radical (unpaired) electrons. The highest BCUT2D eigenvalue weighted by atomic mass is 16.4. The Hall–Kier alpha value is -2.05. The third kappa shape index (κ3) is 3.49. The van der Waals surface area contributed by atoms with Gasteiger partial charge in [0.2, 0.25) is 0 Å². The standard InChI is InChI=1S/C13H22N4O3/c1-5-13(6-2,11(18)19)16-12(20)15-10-7-14-17(8-10)9(3)4/h7-9H,5-6H2,1-4H3,(H,18,19)(H2,15,16,20). The number of aromatic nitrogens is 2. The van der Waals surface area contributed by atoms with Crippen LogP contribution in [0.1, 0.15) is 46.6 Å². The lowest BCUT2D eigenvalue weighted by atomic mass is 9.93. The van der Waals surface area contributed by atoms with Crippen LogP contribution < -0.4 is 10.6 Å². The fourth-order valence-corrected chi connectivity index (χ4v) is 1.85. The summed E-state index contributed by atoms with van der Waals surface area (Å²) in [4.78, 5) is 23.2. The van der Waals surface area contributed by atoms with E-state index >= 15 is 0 Å². The normalized spacial score (nSPS) is 11.4. The van der Waals surface area contributed by atoms with Gasteiger partial charge in [0, 0.05) is 12.2 Å². The second-order valence-corrected chi connectivity index (χ2v) is 4.98. The van der Waals surface area contributed by atoms with Crippen molar-refractivity contribution in [3.05, 3.63) is 12.4 Å². The number of carbonyl (C=O) groups excluding carboxylic acids is 1. The Kier molecular flexibility index (Phi) is 5.12. The molecule has 1 aromatic heterocycles. The molecule has 2 amide bonds. The number of rotatable bonds is 6. The molecule has 0 unspecified atom stereocenters. The second-order valence-electron chi connectivity index (χ2n) is 4.98. The monoisotopic (exact) mass is 282 g/mol. The fourth-order valence-electron chi connectivity index (χ4n) is 1.85. The van der Waals surface area contributed by atoms with Crippen molar-refractivity contribution in [1.82, 2.24) is 15.1 Å². The number of carbonyl (C=O) groups is 2. The molecule has 3 N–H and O–H groups in total. The van der Waals surface area contributed by atoms with Gasteiger partial charge in [-0.05, 0) is 26.7 Å². The molecular formula is C13H22N4O3. The van der Waals surface area contributed by atoms with Gasteiger partial charge < -0.3 is 15.7 Å². The van der Waals surface area contributed by atoms with E-state index in [-0.39, 0.29) is 6.04 Å². The number of urea groups is 1. The highest BCUT2D eigenvalue weighted by Crippen LogP contribution is 2.16. The molecule has 0 aliphatic rings. The molecule has 0 aliphatic carbocycles. The van der Waals surface area contributed by atoms with Gasteiger partial charge in [-0.2, -0.15) is 5.10 Å². The predicted octanol–water partition coefficient (Wildman–Crippen LogP) is 2.23. The Bertz CT molecular complexity index is 478. The van der Waals surface area contributed by atoms with Crippen LogP contribution in [-0.2, 0) is 4.79 Å². The van der Waals surface area contributed by atoms with E-state index in [4.69, 9.17) is 0 Å². The molecule has 1 heterocycles. The van der Waals surface area contributed by atoms with Crippen LogP contribution >= 0.6 is 0 Å². The van der Waals surface area contributed by atoms with Crippen LogP contribution in [0, 0.1) is 0 Å². The van der Waals surface area contributed by atoms with Gasteiger partial charge in [-0.1, -0.05) is 13.8 Å². The van der Waals surface area contributed by atoms with E-state index in [1.165, 1.54) is 6.20 Å². The largest absolute Gasteiger partial charge is 0.480 e. The molecule has 7 nitrogen and oxygen atoms in total. The first-order valence-electron chi connectivity index (χ1n) is 6.71. The van der Waals surface area contributed by atoms with Crippen LogP contribution in [0.5, 0.6) is 0 Å². The number of anilines is 1. The maximum atomic E-state index is 11.9. The molecule has 0 saturated carbocycles. The van der Waals surface area contributed by atoms with Crippen molar-refractivity contribution in [2.75, 3.05) is 5.32 Å². The van der Waals surface area contributed by atoms with E-state index in [0.717, 1.165) is 0 Å². The van der Waals surface area contributed by atoms with Crippen LogP contribution in [-0.4, -0.2) is 32.4 Å². The molecule has 0 aromatic carbocycles. The van der Waals surface area contributed by atoms with E-state index in [2.05, 4.69) is 15.7 Å². The lowest BCUT2D eigenvalue weighted by molar-refractivity contribution is -0.144. The van der Waals surface area contributed by atoms with E-state index in [9.17, 15) is 14.7 Å². The summed E-state index contributed by atoms with van der Waals surface area (Å²) in [7, 11) is 0. The zero-order chi connectivity index (χ0) is 15.3. The number of nitrogens with one attached hydrogen (secondary N) is 2. The molecule has 0 spiro atoms. The van der Waals surface area contributed by atoms with Crippen LogP contribution in [0.25, 0.3) is 0 Å². The summed E-state index contributed by atoms with van der Waals surface area (Å²) in [5, 5.41) is 18.5. The van der Waals surface area contributed by atoms with E-state index in [0.29, 0.717) is 18.5 Å². The smallest absolute Gasteiger partial charge is 0.329 e. The molecule has 20 heavy (non-hydrogen) atoms. The minimum Gasteiger partial charge on any atom is -0.480 e. The summed E-state index contributed by atoms with van der Waals surface area (Å²) in [6.45, 7) is 7.41. The quantitative estimate of drug-likeness (QED) is 0.745. The van der Waals surface area contributed by atoms with Crippen LogP contribution in [0.2, 0.25) is 0 Å². The van der Waals surface area contributed by atoms with Crippen molar-refractivity contribution in [3.63, 3.8) is 0 Å². The van der Waals surface area contributed by atoms with Crippen molar-refractivity contribution in [1.29, 1.82) is 0 Å². The van der Waals surface area contributed by atoms with Gasteiger partial charge in [0.25, 0.3) is 0 Å². The van der Waals surface area contributed by atoms with Gasteiger partial charge in [0.05, 0.1) is 11.9 Å². The number of aliphatic carboxylic acids is 1. The van der Waals surface area contributed by atoms with E-state index in [1.807, 2.05) is 13.8 Å². The van der Waals surface area contributed by atoms with Gasteiger partial charge in [0.15, 0.2) is 0 Å².